The quantitative estimate of drug-likeness (QED) is 0.159. The van der Waals surface area contributed by atoms with Crippen LogP contribution in [0, 0.1) is 5.92 Å². The first-order chi connectivity index (χ1) is 35.4. The van der Waals surface area contributed by atoms with Crippen molar-refractivity contribution in [2.24, 2.45) is 5.92 Å². The molecule has 9 aromatic carbocycles. The highest BCUT2D eigenvalue weighted by molar-refractivity contribution is 6.11. The van der Waals surface area contributed by atoms with E-state index in [4.69, 9.17) is 0 Å². The Balaban J connectivity index is 0.868. The third-order valence-electron chi connectivity index (χ3n) is 14.4. The molecule has 2 aromatic heterocycles. The summed E-state index contributed by atoms with van der Waals surface area (Å²) in [6, 6.07) is 75.5. The second-order valence-electron chi connectivity index (χ2n) is 18.6. The maximum absolute atomic E-state index is 10.6. The molecule has 0 bridgehead atoms. The molecule has 0 fully saturated rings. The Morgan fingerprint density at radius 3 is 1.51 bits per heavy atom. The van der Waals surface area contributed by atoms with Crippen molar-refractivity contribution in [1.82, 2.24) is 9.13 Å². The third kappa shape index (κ3) is 7.36. The molecule has 1 atom stereocenters. The smallest absolute Gasteiger partial charge is 0.116 e. The summed E-state index contributed by atoms with van der Waals surface area (Å²) in [5, 5.41) is 24.2. The third-order valence-corrected chi connectivity index (χ3v) is 14.4. The first-order valence-corrected chi connectivity index (χ1v) is 24.4. The highest BCUT2D eigenvalue weighted by Crippen LogP contribution is 2.45. The van der Waals surface area contributed by atoms with Crippen LogP contribution in [0.25, 0.3) is 72.4 Å². The van der Waals surface area contributed by atoms with Crippen LogP contribution in [-0.2, 0) is 6.42 Å². The van der Waals surface area contributed by atoms with Crippen LogP contribution in [0.1, 0.15) is 11.3 Å². The Bertz CT molecular complexity index is 3960. The number of phenols is 2. The minimum Gasteiger partial charge on any atom is -0.508 e. The molecule has 2 aliphatic rings. The lowest BCUT2D eigenvalue weighted by molar-refractivity contribution is 0.475. The number of hydrogen-bond donors (Lipinski definition) is 2. The monoisotopic (exact) mass is 928 g/mol. The van der Waals surface area contributed by atoms with E-state index >= 15 is 0 Å². The molecule has 6 nitrogen and oxygen atoms in total. The van der Waals surface area contributed by atoms with E-state index < -0.39 is 0 Å². The van der Waals surface area contributed by atoms with E-state index in [1.807, 2.05) is 30.3 Å². The van der Waals surface area contributed by atoms with Crippen molar-refractivity contribution in [3.05, 3.63) is 272 Å². The topological polar surface area (TPSA) is 56.8 Å². The van der Waals surface area contributed by atoms with Crippen LogP contribution in [0.15, 0.2) is 261 Å². The van der Waals surface area contributed by atoms with E-state index in [9.17, 15) is 10.2 Å². The fourth-order valence-corrected chi connectivity index (χ4v) is 10.9. The first kappa shape index (κ1) is 42.6. The van der Waals surface area contributed by atoms with Gasteiger partial charge in [0.2, 0.25) is 0 Å². The number of allylic oxidation sites excluding steroid dienone is 4. The molecule has 1 unspecified atom stereocenters. The zero-order valence-corrected chi connectivity index (χ0v) is 39.3. The van der Waals surface area contributed by atoms with Crippen molar-refractivity contribution in [1.29, 1.82) is 0 Å². The number of aromatic nitrogens is 2. The van der Waals surface area contributed by atoms with Crippen molar-refractivity contribution in [2.75, 3.05) is 9.80 Å². The highest BCUT2D eigenvalue weighted by atomic mass is 16.3. The van der Waals surface area contributed by atoms with Crippen LogP contribution in [0.3, 0.4) is 0 Å². The Hall–Kier alpha value is -9.52. The summed E-state index contributed by atoms with van der Waals surface area (Å²) < 4.78 is 4.67. The maximum Gasteiger partial charge on any atom is 0.116 e. The van der Waals surface area contributed by atoms with Gasteiger partial charge in [-0.1, -0.05) is 110 Å². The summed E-state index contributed by atoms with van der Waals surface area (Å²) in [5.74, 6) is 0.543. The summed E-state index contributed by atoms with van der Waals surface area (Å²) in [6.45, 7) is 4.61. The van der Waals surface area contributed by atoms with Crippen LogP contribution in [0.4, 0.5) is 22.7 Å². The van der Waals surface area contributed by atoms with Gasteiger partial charge in [-0.05, 0) is 179 Å². The first-order valence-electron chi connectivity index (χ1n) is 24.4. The van der Waals surface area contributed by atoms with E-state index in [2.05, 4.69) is 226 Å². The molecule has 3 heterocycles. The molecule has 0 saturated carbocycles. The molecular formula is C66H48N4O2. The van der Waals surface area contributed by atoms with Gasteiger partial charge in [0.05, 0.1) is 22.2 Å². The summed E-state index contributed by atoms with van der Waals surface area (Å²) in [4.78, 5) is 4.54. The van der Waals surface area contributed by atoms with Crippen molar-refractivity contribution in [2.45, 2.75) is 6.42 Å². The number of hydrogen-bond acceptors (Lipinski definition) is 4. The molecule has 11 aromatic rings. The van der Waals surface area contributed by atoms with Gasteiger partial charge in [-0.25, -0.2) is 0 Å². The molecule has 0 spiro atoms. The predicted molar refractivity (Wildman–Crippen MR) is 298 cm³/mol. The lowest BCUT2D eigenvalue weighted by Crippen LogP contribution is -2.27. The molecule has 1 aliphatic heterocycles. The number of para-hydroxylation sites is 3. The number of rotatable bonds is 8. The lowest BCUT2D eigenvalue weighted by atomic mass is 9.82. The number of benzene rings is 9. The number of aromatic hydroxyl groups is 2. The van der Waals surface area contributed by atoms with Gasteiger partial charge in [-0.2, -0.15) is 0 Å². The van der Waals surface area contributed by atoms with Gasteiger partial charge in [0.15, 0.2) is 0 Å². The fourth-order valence-electron chi connectivity index (χ4n) is 10.9. The van der Waals surface area contributed by atoms with E-state index in [-0.39, 0.29) is 17.4 Å². The molecular weight excluding hydrogens is 881 g/mol. The van der Waals surface area contributed by atoms with E-state index in [1.165, 1.54) is 27.9 Å². The van der Waals surface area contributed by atoms with Gasteiger partial charge in [0, 0.05) is 68.1 Å². The SMILES string of the molecule is C=C1/C=C\C=C/N(c2ccccc2)C2=Cc3c(c4cc(-c5ccc(N(c6ccc(O)cc6)c6ccc(-c7ccc8c(c7)c7cc(O)ccc7n8-c7ccccc7)cc6)cc5)ccc4n3-c3ccccc3)CC12. The number of nitrogens with zero attached hydrogens (tertiary/aromatic N) is 4. The van der Waals surface area contributed by atoms with Crippen molar-refractivity contribution < 1.29 is 10.2 Å². The van der Waals surface area contributed by atoms with Crippen LogP contribution in [0.2, 0.25) is 0 Å². The number of anilines is 4. The van der Waals surface area contributed by atoms with Crippen molar-refractivity contribution in [3.8, 4) is 45.1 Å². The Morgan fingerprint density at radius 1 is 0.444 bits per heavy atom. The standard InChI is InChI=1S/C66H48N4O2/c1-44-13-11-12-38-67(49-14-5-2-6-15-49)65-43-66-61(42-57(44)65)59-40-48(25-36-63(59)70(66)51-18-9-4-10-19-51)46-22-28-53(29-23-46)68(54-30-32-55(71)33-31-54)52-26-20-45(21-27-52)47-24-35-62-58(39-47)60-41-56(72)34-37-64(60)69(62)50-16-7-3-8-17-50/h2-41,43,57,71-72H,1,42H2/b13-11-,38-12-. The van der Waals surface area contributed by atoms with E-state index in [0.29, 0.717) is 0 Å². The zero-order valence-electron chi connectivity index (χ0n) is 39.3. The minimum atomic E-state index is 0.0869. The summed E-state index contributed by atoms with van der Waals surface area (Å²) in [7, 11) is 0. The molecule has 0 amide bonds. The molecule has 0 radical (unpaired) electrons. The largest absolute Gasteiger partial charge is 0.508 e. The predicted octanol–water partition coefficient (Wildman–Crippen LogP) is 16.6. The molecule has 344 valence electrons. The van der Waals surface area contributed by atoms with Gasteiger partial charge >= 0.3 is 0 Å². The van der Waals surface area contributed by atoms with Gasteiger partial charge in [-0.15, -0.1) is 0 Å². The highest BCUT2D eigenvalue weighted by Gasteiger charge is 2.32. The molecule has 13 rings (SSSR count). The molecule has 2 N–H and O–H groups in total. The molecule has 72 heavy (non-hydrogen) atoms. The van der Waals surface area contributed by atoms with Crippen molar-refractivity contribution >= 4 is 61.5 Å². The van der Waals surface area contributed by atoms with Crippen LogP contribution in [-0.4, -0.2) is 19.3 Å². The lowest BCUT2D eigenvalue weighted by Gasteiger charge is -2.34. The second-order valence-corrected chi connectivity index (χ2v) is 18.6. The van der Waals surface area contributed by atoms with E-state index in [1.54, 1.807) is 18.2 Å². The van der Waals surface area contributed by atoms with E-state index in [0.717, 1.165) is 90.2 Å². The number of fused-ring (bicyclic) bond motifs is 7. The van der Waals surface area contributed by atoms with Crippen LogP contribution < -0.4 is 9.80 Å². The Morgan fingerprint density at radius 2 is 0.917 bits per heavy atom. The Labute approximate surface area is 418 Å². The fraction of sp³-hybridized carbons (Fsp3) is 0.0303. The second kappa shape index (κ2) is 17.5. The number of phenolic OH excluding ortho intramolecular Hbond substituents is 2. The molecule has 0 saturated heterocycles. The summed E-state index contributed by atoms with van der Waals surface area (Å²) in [6.07, 6.45) is 11.7. The zero-order chi connectivity index (χ0) is 48.3. The maximum atomic E-state index is 10.6. The van der Waals surface area contributed by atoms with Gasteiger partial charge in [0.25, 0.3) is 0 Å². The Kier molecular flexibility index (Phi) is 10.3. The van der Waals surface area contributed by atoms with Gasteiger partial charge in [-0.3, -0.25) is 0 Å². The van der Waals surface area contributed by atoms with Crippen LogP contribution in [0.5, 0.6) is 11.5 Å². The normalized spacial score (nSPS) is 15.2. The molecule has 1 aliphatic carbocycles. The summed E-state index contributed by atoms with van der Waals surface area (Å²) >= 11 is 0. The molecule has 6 heteroatoms. The van der Waals surface area contributed by atoms with Gasteiger partial charge < -0.3 is 29.1 Å². The van der Waals surface area contributed by atoms with Gasteiger partial charge in [0.1, 0.15) is 11.5 Å². The summed E-state index contributed by atoms with van der Waals surface area (Å²) in [5.41, 5.74) is 18.7. The van der Waals surface area contributed by atoms with Crippen LogP contribution >= 0.6 is 0 Å². The average molecular weight is 929 g/mol. The average Bonchev–Trinajstić information content (AvgIpc) is 3.92. The minimum absolute atomic E-state index is 0.0869. The van der Waals surface area contributed by atoms with Crippen molar-refractivity contribution in [3.63, 3.8) is 0 Å².